The van der Waals surface area contributed by atoms with E-state index in [1.54, 1.807) is 50.2 Å². The van der Waals surface area contributed by atoms with Crippen LogP contribution in [0, 0.1) is 37.0 Å². The summed E-state index contributed by atoms with van der Waals surface area (Å²) in [4.78, 5) is 83.9. The summed E-state index contributed by atoms with van der Waals surface area (Å²) in [6, 6.07) is 15.2. The maximum Gasteiger partial charge on any atom is 0.255 e. The summed E-state index contributed by atoms with van der Waals surface area (Å²) in [7, 11) is 1.42. The zero-order chi connectivity index (χ0) is 50.6. The van der Waals surface area contributed by atoms with Gasteiger partial charge >= 0.3 is 0 Å². The van der Waals surface area contributed by atoms with Gasteiger partial charge in [0.05, 0.1) is 23.0 Å². The van der Waals surface area contributed by atoms with Crippen molar-refractivity contribution in [3.8, 4) is 40.1 Å². The summed E-state index contributed by atoms with van der Waals surface area (Å²) in [5.74, 6) is -0.898. The van der Waals surface area contributed by atoms with Crippen molar-refractivity contribution in [1.29, 1.82) is 5.26 Å². The lowest BCUT2D eigenvalue weighted by Gasteiger charge is -2.36. The van der Waals surface area contributed by atoms with Gasteiger partial charge in [-0.1, -0.05) is 26.0 Å². The first kappa shape index (κ1) is 52.2. The minimum absolute atomic E-state index is 0.000396. The van der Waals surface area contributed by atoms with E-state index in [1.165, 1.54) is 25.3 Å². The number of benzene rings is 3. The second kappa shape index (κ2) is 23.9. The second-order valence-electron chi connectivity index (χ2n) is 18.2. The van der Waals surface area contributed by atoms with Crippen LogP contribution in [0.4, 0.5) is 5.69 Å². The van der Waals surface area contributed by atoms with Crippen LogP contribution in [-0.4, -0.2) is 122 Å². The summed E-state index contributed by atoms with van der Waals surface area (Å²) in [6.07, 6.45) is 1.21. The number of hydrogen-bond donors (Lipinski definition) is 7. The van der Waals surface area contributed by atoms with Gasteiger partial charge in [0.1, 0.15) is 55.4 Å². The van der Waals surface area contributed by atoms with Gasteiger partial charge in [-0.2, -0.15) is 5.26 Å². The number of nitrogens with zero attached hydrogens (tertiary/aromatic N) is 5. The average Bonchev–Trinajstić information content (AvgIpc) is 3.33. The quantitative estimate of drug-likeness (QED) is 0.0795. The molecule has 6 rings (SSSR count). The Balaban J connectivity index is 1.35. The number of hydrogen-bond acceptors (Lipinski definition) is 14. The number of nitrogens with one attached hydrogen (secondary N) is 4. The van der Waals surface area contributed by atoms with Gasteiger partial charge in [0.25, 0.3) is 5.91 Å². The van der Waals surface area contributed by atoms with E-state index >= 15 is 0 Å². The van der Waals surface area contributed by atoms with Gasteiger partial charge in [-0.3, -0.25) is 24.0 Å². The fourth-order valence-electron chi connectivity index (χ4n) is 9.23. The molecule has 0 aliphatic carbocycles. The Morgan fingerprint density at radius 2 is 1.47 bits per heavy atom. The molecule has 3 aromatic carbocycles. The molecule has 0 unspecified atom stereocenters. The topological polar surface area (TPSA) is 286 Å². The largest absolute Gasteiger partial charge is 0.492 e. The van der Waals surface area contributed by atoms with Gasteiger partial charge < -0.3 is 57.7 Å². The lowest BCUT2D eigenvalue weighted by Crippen LogP contribution is -2.56. The highest BCUT2D eigenvalue weighted by Crippen LogP contribution is 2.40. The van der Waals surface area contributed by atoms with Crippen LogP contribution in [0.1, 0.15) is 72.5 Å². The SMILES string of the molecule is Cc1nc(-c2ccc(N3C[C@H](C)C[C@H](C)C3)cc2)nc(C)c1C(=O)N[C@@H](CCN)C(=O)N(C)[C@@H]1C(=O)N[C@@H](C)C(=O)N[C@H](C(=O)NCC#N)Cc2ccc(OCCN)c(c2)-c2cc1ccc2OCCN. The van der Waals surface area contributed by atoms with Crippen molar-refractivity contribution in [3.63, 3.8) is 0 Å². The number of likely N-dealkylation sites (N-methyl/N-ethyl adjacent to an activating group) is 1. The first-order valence-corrected chi connectivity index (χ1v) is 23.7. The molecule has 70 heavy (non-hydrogen) atoms. The van der Waals surface area contributed by atoms with Crippen molar-refractivity contribution in [2.75, 3.05) is 64.4 Å². The summed E-state index contributed by atoms with van der Waals surface area (Å²) in [5.41, 5.74) is 22.6. The van der Waals surface area contributed by atoms with E-state index in [-0.39, 0.29) is 57.8 Å². The minimum Gasteiger partial charge on any atom is -0.492 e. The van der Waals surface area contributed by atoms with E-state index in [0.717, 1.165) is 24.3 Å². The molecule has 0 saturated carbocycles. The third kappa shape index (κ3) is 12.5. The van der Waals surface area contributed by atoms with Gasteiger partial charge in [0.2, 0.25) is 23.6 Å². The van der Waals surface area contributed by atoms with Crippen LogP contribution in [-0.2, 0) is 25.6 Å². The third-order valence-electron chi connectivity index (χ3n) is 12.5. The summed E-state index contributed by atoms with van der Waals surface area (Å²) in [6.45, 7) is 11.8. The van der Waals surface area contributed by atoms with E-state index in [0.29, 0.717) is 62.8 Å². The average molecular weight is 959 g/mol. The number of rotatable bonds is 16. The number of amides is 5. The predicted molar refractivity (Wildman–Crippen MR) is 265 cm³/mol. The number of aromatic nitrogens is 2. The molecule has 19 heteroatoms. The number of nitriles is 1. The van der Waals surface area contributed by atoms with Crippen LogP contribution in [0.2, 0.25) is 0 Å². The molecular formula is C51H66N12O7. The van der Waals surface area contributed by atoms with Crippen LogP contribution in [0.3, 0.4) is 0 Å². The van der Waals surface area contributed by atoms with Crippen LogP contribution < -0.4 is 52.8 Å². The molecule has 2 aliphatic rings. The Hall–Kier alpha value is -7.14. The van der Waals surface area contributed by atoms with Crippen LogP contribution in [0.25, 0.3) is 22.5 Å². The van der Waals surface area contributed by atoms with Crippen molar-refractivity contribution in [1.82, 2.24) is 36.1 Å². The smallest absolute Gasteiger partial charge is 0.255 e. The molecule has 1 aromatic heterocycles. The number of aryl methyl sites for hydroxylation is 2. The van der Waals surface area contributed by atoms with E-state index in [2.05, 4.69) is 52.1 Å². The van der Waals surface area contributed by atoms with Gasteiger partial charge in [-0.05, 0) is 112 Å². The molecule has 2 aliphatic heterocycles. The van der Waals surface area contributed by atoms with Gasteiger partial charge in [0.15, 0.2) is 5.82 Å². The molecule has 0 radical (unpaired) electrons. The first-order valence-electron chi connectivity index (χ1n) is 23.7. The van der Waals surface area contributed by atoms with Crippen molar-refractivity contribution in [2.24, 2.45) is 29.0 Å². The van der Waals surface area contributed by atoms with E-state index in [4.69, 9.17) is 36.6 Å². The fourth-order valence-corrected chi connectivity index (χ4v) is 9.23. The number of carbonyl (C=O) groups excluding carboxylic acids is 5. The number of ether oxygens (including phenoxy) is 2. The molecule has 372 valence electrons. The normalized spacial score (nSPS) is 19.6. The minimum atomic E-state index is -1.41. The molecule has 19 nitrogen and oxygen atoms in total. The number of piperidine rings is 1. The van der Waals surface area contributed by atoms with Gasteiger partial charge in [0, 0.05) is 62.0 Å². The number of nitrogens with two attached hydrogens (primary N) is 3. The molecule has 4 aromatic rings. The Morgan fingerprint density at radius 1 is 0.857 bits per heavy atom. The molecule has 6 atom stereocenters. The highest BCUT2D eigenvalue weighted by molar-refractivity contribution is 6.00. The molecule has 5 amide bonds. The van der Waals surface area contributed by atoms with Crippen molar-refractivity contribution < 1.29 is 33.4 Å². The van der Waals surface area contributed by atoms with Crippen LogP contribution >= 0.6 is 0 Å². The van der Waals surface area contributed by atoms with E-state index < -0.39 is 53.7 Å². The Morgan fingerprint density at radius 3 is 2.07 bits per heavy atom. The monoisotopic (exact) mass is 959 g/mol. The molecule has 0 spiro atoms. The molecule has 1 saturated heterocycles. The Kier molecular flexibility index (Phi) is 17.9. The molecular weight excluding hydrogens is 893 g/mol. The highest BCUT2D eigenvalue weighted by Gasteiger charge is 2.36. The third-order valence-corrected chi connectivity index (χ3v) is 12.5. The first-order chi connectivity index (χ1) is 33.6. The summed E-state index contributed by atoms with van der Waals surface area (Å²) < 4.78 is 12.2. The lowest BCUT2D eigenvalue weighted by atomic mass is 9.91. The maximum atomic E-state index is 14.8. The molecule has 10 N–H and O–H groups in total. The number of fused-ring (bicyclic) bond motifs is 5. The Labute approximate surface area is 409 Å². The van der Waals surface area contributed by atoms with Crippen molar-refractivity contribution in [3.05, 3.63) is 88.7 Å². The standard InChI is InChI=1S/C51H66N12O7/c1-29-23-30(2)28-63(27-29)37-11-8-35(9-12-37)46-57-31(3)44(32(4)58-46)49(66)60-40(15-16-52)51(68)62(6)45-36-10-14-43(70-22-19-55)39(26-36)38-24-34(7-13-42(38)69-21-18-54)25-41(48(65)56-20-17-53)61-47(64)33(5)59-50(45)67/h7-14,24,26,29-30,33,40-41,45H,15-16,18-23,25,27-28,52,54-55H2,1-6H3,(H,56,65)(H,59,67)(H,60,66)(H,61,64)/t29-,30+,33-,40-,41-,45-/m0/s1. The summed E-state index contributed by atoms with van der Waals surface area (Å²) >= 11 is 0. The summed E-state index contributed by atoms with van der Waals surface area (Å²) in [5, 5.41) is 20.0. The zero-order valence-electron chi connectivity index (χ0n) is 40.8. The second-order valence-corrected chi connectivity index (χ2v) is 18.2. The molecule has 4 bridgehead atoms. The van der Waals surface area contributed by atoms with Gasteiger partial charge in [-0.15, -0.1) is 0 Å². The van der Waals surface area contributed by atoms with Crippen molar-refractivity contribution >= 4 is 35.2 Å². The van der Waals surface area contributed by atoms with Gasteiger partial charge in [-0.25, -0.2) is 9.97 Å². The maximum absolute atomic E-state index is 14.8. The number of anilines is 1. The fraction of sp³-hybridized carbons (Fsp3) is 0.451. The lowest BCUT2D eigenvalue weighted by molar-refractivity contribution is -0.141. The zero-order valence-corrected chi connectivity index (χ0v) is 40.8. The number of carbonyl (C=O) groups is 5. The molecule has 1 fully saturated rings. The predicted octanol–water partition coefficient (Wildman–Crippen LogP) is 2.42. The molecule has 3 heterocycles. The van der Waals surface area contributed by atoms with Crippen LogP contribution in [0.15, 0.2) is 60.7 Å². The van der Waals surface area contributed by atoms with E-state index in [9.17, 15) is 29.2 Å². The van der Waals surface area contributed by atoms with Crippen molar-refractivity contribution in [2.45, 2.75) is 78.0 Å². The Bertz CT molecular complexity index is 2550. The van der Waals surface area contributed by atoms with Crippen LogP contribution in [0.5, 0.6) is 11.5 Å². The van der Waals surface area contributed by atoms with E-state index in [1.807, 2.05) is 18.2 Å². The highest BCUT2D eigenvalue weighted by atomic mass is 16.5.